The molecule has 0 radical (unpaired) electrons. The van der Waals surface area contributed by atoms with E-state index in [1.165, 1.54) is 23.1 Å². The van der Waals surface area contributed by atoms with Crippen LogP contribution in [0, 0.1) is 11.7 Å². The van der Waals surface area contributed by atoms with Gasteiger partial charge in [-0.05, 0) is 55.2 Å². The lowest BCUT2D eigenvalue weighted by Crippen LogP contribution is -2.56. The molecule has 1 atom stereocenters. The molecule has 2 aliphatic rings. The van der Waals surface area contributed by atoms with Gasteiger partial charge in [0.05, 0.1) is 0 Å². The minimum Gasteiger partial charge on any atom is -0.339 e. The molecule has 1 aromatic heterocycles. The molecule has 2 saturated heterocycles. The number of hydrogen-bond acceptors (Lipinski definition) is 4. The molecule has 4 rings (SSSR count). The van der Waals surface area contributed by atoms with Crippen LogP contribution in [0.4, 0.5) is 9.18 Å². The van der Waals surface area contributed by atoms with Crippen molar-refractivity contribution in [1.82, 2.24) is 15.1 Å². The normalized spacial score (nSPS) is 21.5. The molecular formula is C26H30FN3O3S. The third-order valence-corrected chi connectivity index (χ3v) is 7.76. The Labute approximate surface area is 203 Å². The third-order valence-electron chi connectivity index (χ3n) is 6.82. The molecular weight excluding hydrogens is 453 g/mol. The van der Waals surface area contributed by atoms with Crippen molar-refractivity contribution in [3.05, 3.63) is 64.1 Å². The van der Waals surface area contributed by atoms with Crippen molar-refractivity contribution in [3.8, 4) is 0 Å². The van der Waals surface area contributed by atoms with Gasteiger partial charge in [-0.15, -0.1) is 11.3 Å². The maximum atomic E-state index is 13.8. The van der Waals surface area contributed by atoms with Crippen LogP contribution in [-0.2, 0) is 16.0 Å². The van der Waals surface area contributed by atoms with Crippen molar-refractivity contribution >= 4 is 35.3 Å². The number of piperidine rings is 1. The zero-order chi connectivity index (χ0) is 24.1. The lowest BCUT2D eigenvalue weighted by atomic mass is 9.74. The van der Waals surface area contributed by atoms with E-state index in [0.717, 1.165) is 11.3 Å². The van der Waals surface area contributed by atoms with Gasteiger partial charge in [-0.3, -0.25) is 14.5 Å². The zero-order valence-electron chi connectivity index (χ0n) is 19.3. The molecule has 1 N–H and O–H groups in total. The Hall–Kier alpha value is -3.00. The first kappa shape index (κ1) is 24.1. The van der Waals surface area contributed by atoms with Crippen molar-refractivity contribution < 1.29 is 18.8 Å². The zero-order valence-corrected chi connectivity index (χ0v) is 20.2. The van der Waals surface area contributed by atoms with Crippen LogP contribution >= 0.6 is 11.3 Å². The third kappa shape index (κ3) is 4.92. The number of hydrogen-bond donors (Lipinski definition) is 1. The summed E-state index contributed by atoms with van der Waals surface area (Å²) in [5.74, 6) is -0.716. The Balaban J connectivity index is 1.40. The Morgan fingerprint density at radius 1 is 1.21 bits per heavy atom. The van der Waals surface area contributed by atoms with Crippen molar-refractivity contribution in [1.29, 1.82) is 0 Å². The summed E-state index contributed by atoms with van der Waals surface area (Å²) in [6, 6.07) is 9.98. The summed E-state index contributed by atoms with van der Waals surface area (Å²) in [7, 11) is 0. The standard InChI is InChI=1S/C26H30FN3O3S/c1-2-14-26(24(32)30(25(33)28-26)17-13-21-7-5-18-34-21)20-11-15-29(16-12-20)23(31)10-9-19-6-3-4-8-22(19)27/h3-10,18,20H,2,11-17H2,1H3,(H,28,33)/b10-9+. The molecule has 0 bridgehead atoms. The van der Waals surface area contributed by atoms with Gasteiger partial charge in [0.25, 0.3) is 5.91 Å². The Bertz CT molecular complexity index is 1060. The van der Waals surface area contributed by atoms with Gasteiger partial charge < -0.3 is 10.2 Å². The summed E-state index contributed by atoms with van der Waals surface area (Å²) >= 11 is 1.62. The van der Waals surface area contributed by atoms with Gasteiger partial charge in [0.2, 0.25) is 5.91 Å². The van der Waals surface area contributed by atoms with E-state index >= 15 is 0 Å². The SMILES string of the molecule is CCCC1(C2CCN(C(=O)/C=C/c3ccccc3F)CC2)NC(=O)N(CCc2cccs2)C1=O. The molecule has 0 spiro atoms. The van der Waals surface area contributed by atoms with Crippen molar-refractivity contribution in [2.45, 2.75) is 44.6 Å². The maximum Gasteiger partial charge on any atom is 0.325 e. The number of thiophene rings is 1. The minimum atomic E-state index is -0.903. The van der Waals surface area contributed by atoms with Gasteiger partial charge in [-0.1, -0.05) is 37.6 Å². The number of imide groups is 1. The lowest BCUT2D eigenvalue weighted by molar-refractivity contribution is -0.135. The first-order valence-electron chi connectivity index (χ1n) is 11.8. The molecule has 2 aromatic rings. The molecule has 180 valence electrons. The summed E-state index contributed by atoms with van der Waals surface area (Å²) in [4.78, 5) is 43.2. The van der Waals surface area contributed by atoms with E-state index in [4.69, 9.17) is 0 Å². The van der Waals surface area contributed by atoms with Crippen LogP contribution < -0.4 is 5.32 Å². The van der Waals surface area contributed by atoms with Gasteiger partial charge in [-0.25, -0.2) is 9.18 Å². The van der Waals surface area contributed by atoms with Gasteiger partial charge in [0.15, 0.2) is 0 Å². The second-order valence-corrected chi connectivity index (χ2v) is 9.92. The van der Waals surface area contributed by atoms with Crippen molar-refractivity contribution in [2.24, 2.45) is 5.92 Å². The summed E-state index contributed by atoms with van der Waals surface area (Å²) in [5.41, 5.74) is -0.533. The monoisotopic (exact) mass is 483 g/mol. The number of amides is 4. The molecule has 4 amide bonds. The maximum absolute atomic E-state index is 13.8. The number of rotatable bonds is 8. The fourth-order valence-electron chi connectivity index (χ4n) is 5.04. The van der Waals surface area contributed by atoms with E-state index < -0.39 is 5.54 Å². The molecule has 1 aromatic carbocycles. The first-order valence-corrected chi connectivity index (χ1v) is 12.7. The highest BCUT2D eigenvalue weighted by Gasteiger charge is 2.55. The summed E-state index contributed by atoms with van der Waals surface area (Å²) < 4.78 is 13.8. The van der Waals surface area contributed by atoms with Gasteiger partial charge in [0.1, 0.15) is 11.4 Å². The second-order valence-electron chi connectivity index (χ2n) is 8.89. The van der Waals surface area contributed by atoms with Gasteiger partial charge >= 0.3 is 6.03 Å². The van der Waals surface area contributed by atoms with E-state index in [-0.39, 0.29) is 29.6 Å². The number of carbonyl (C=O) groups is 3. The highest BCUT2D eigenvalue weighted by molar-refractivity contribution is 7.09. The molecule has 34 heavy (non-hydrogen) atoms. The number of likely N-dealkylation sites (tertiary alicyclic amines) is 1. The molecule has 0 saturated carbocycles. The van der Waals surface area contributed by atoms with Crippen LogP contribution in [0.5, 0.6) is 0 Å². The highest BCUT2D eigenvalue weighted by Crippen LogP contribution is 2.37. The van der Waals surface area contributed by atoms with Crippen molar-refractivity contribution in [3.63, 3.8) is 0 Å². The summed E-state index contributed by atoms with van der Waals surface area (Å²) in [6.45, 7) is 3.38. The molecule has 8 heteroatoms. The molecule has 2 aliphatic heterocycles. The van der Waals surface area contributed by atoms with E-state index in [9.17, 15) is 18.8 Å². The number of urea groups is 1. The number of carbonyl (C=O) groups excluding carboxylic acids is 3. The van der Waals surface area contributed by atoms with Crippen LogP contribution in [0.2, 0.25) is 0 Å². The minimum absolute atomic E-state index is 0.0322. The smallest absolute Gasteiger partial charge is 0.325 e. The first-order chi connectivity index (χ1) is 16.4. The van der Waals surface area contributed by atoms with Crippen LogP contribution in [0.1, 0.15) is 43.0 Å². The fourth-order valence-corrected chi connectivity index (χ4v) is 5.74. The average Bonchev–Trinajstić information content (AvgIpc) is 3.44. The summed E-state index contributed by atoms with van der Waals surface area (Å²) in [5, 5.41) is 5.04. The Morgan fingerprint density at radius 3 is 2.65 bits per heavy atom. The summed E-state index contributed by atoms with van der Waals surface area (Å²) in [6.07, 6.45) is 6.16. The largest absolute Gasteiger partial charge is 0.339 e. The molecule has 0 aliphatic carbocycles. The van der Waals surface area contributed by atoms with E-state index in [0.29, 0.717) is 50.9 Å². The topological polar surface area (TPSA) is 69.7 Å². The van der Waals surface area contributed by atoms with Gasteiger partial charge in [0, 0.05) is 36.2 Å². The van der Waals surface area contributed by atoms with Crippen LogP contribution in [-0.4, -0.2) is 52.8 Å². The Kier molecular flexibility index (Phi) is 7.46. The number of benzene rings is 1. The van der Waals surface area contributed by atoms with E-state index in [1.54, 1.807) is 34.4 Å². The predicted molar refractivity (Wildman–Crippen MR) is 131 cm³/mol. The average molecular weight is 484 g/mol. The number of nitrogens with one attached hydrogen (secondary N) is 1. The van der Waals surface area contributed by atoms with E-state index in [2.05, 4.69) is 5.32 Å². The predicted octanol–water partition coefficient (Wildman–Crippen LogP) is 4.47. The molecule has 1 unspecified atom stereocenters. The molecule has 3 heterocycles. The van der Waals surface area contributed by atoms with Crippen LogP contribution in [0.15, 0.2) is 47.9 Å². The van der Waals surface area contributed by atoms with E-state index in [1.807, 2.05) is 24.4 Å². The lowest BCUT2D eigenvalue weighted by Gasteiger charge is -2.40. The molecule has 2 fully saturated rings. The quantitative estimate of drug-likeness (QED) is 0.445. The van der Waals surface area contributed by atoms with Gasteiger partial charge in [-0.2, -0.15) is 0 Å². The molecule has 6 nitrogen and oxygen atoms in total. The van der Waals surface area contributed by atoms with Crippen LogP contribution in [0.3, 0.4) is 0 Å². The number of nitrogens with zero attached hydrogens (tertiary/aromatic N) is 2. The number of halogens is 1. The fraction of sp³-hybridized carbons (Fsp3) is 0.423. The second kappa shape index (κ2) is 10.5. The van der Waals surface area contributed by atoms with Crippen molar-refractivity contribution in [2.75, 3.05) is 19.6 Å². The highest BCUT2D eigenvalue weighted by atomic mass is 32.1. The van der Waals surface area contributed by atoms with Crippen LogP contribution in [0.25, 0.3) is 6.08 Å². The Morgan fingerprint density at radius 2 is 1.97 bits per heavy atom.